The van der Waals surface area contributed by atoms with Crippen molar-refractivity contribution in [2.75, 3.05) is 26.3 Å². The molecule has 1 saturated carbocycles. The van der Waals surface area contributed by atoms with Gasteiger partial charge in [0.25, 0.3) is 0 Å². The smallest absolute Gasteiger partial charge is 0.410 e. The molecule has 1 saturated heterocycles. The highest BCUT2D eigenvalue weighted by atomic mass is 16.6. The Hall–Kier alpha value is -1.59. The first-order valence-corrected chi connectivity index (χ1v) is 6.82. The molecule has 2 aliphatic rings. The number of amides is 1. The van der Waals surface area contributed by atoms with Gasteiger partial charge in [-0.3, -0.25) is 0 Å². The Balaban J connectivity index is 1.57. The molecule has 108 valence electrons. The van der Waals surface area contributed by atoms with Crippen LogP contribution in [0, 0.1) is 10.8 Å². The maximum absolute atomic E-state index is 12.0. The number of benzene rings is 1. The molecule has 20 heavy (non-hydrogen) atoms. The van der Waals surface area contributed by atoms with E-state index in [-0.39, 0.29) is 36.7 Å². The van der Waals surface area contributed by atoms with Crippen LogP contribution in [0.5, 0.6) is 0 Å². The molecule has 5 nitrogen and oxygen atoms in total. The summed E-state index contributed by atoms with van der Waals surface area (Å²) in [4.78, 5) is 13.6. The van der Waals surface area contributed by atoms with Crippen molar-refractivity contribution in [1.82, 2.24) is 4.90 Å². The normalized spacial score (nSPS) is 31.0. The predicted molar refractivity (Wildman–Crippen MR) is 71.9 cm³/mol. The van der Waals surface area contributed by atoms with E-state index in [1.54, 1.807) is 4.90 Å². The Morgan fingerprint density at radius 3 is 2.30 bits per heavy atom. The molecule has 0 unspecified atom stereocenters. The van der Waals surface area contributed by atoms with Gasteiger partial charge in [0.05, 0.1) is 13.2 Å². The van der Waals surface area contributed by atoms with Crippen molar-refractivity contribution in [3.05, 3.63) is 35.9 Å². The number of hydrogen-bond acceptors (Lipinski definition) is 4. The van der Waals surface area contributed by atoms with Gasteiger partial charge < -0.3 is 19.8 Å². The standard InChI is InChI=1S/C15H19NO4/c17-10-14-7-15(14,11-18)9-16(8-14)13(19)20-6-12-4-2-1-3-5-12/h1-5,17-18H,6-11H2/t14-,15+. The Kier molecular flexibility index (Phi) is 3.18. The average molecular weight is 277 g/mol. The molecule has 2 N–H and O–H groups in total. The van der Waals surface area contributed by atoms with E-state index in [1.165, 1.54) is 0 Å². The van der Waals surface area contributed by atoms with Crippen LogP contribution in [-0.2, 0) is 11.3 Å². The molecular formula is C15H19NO4. The second kappa shape index (κ2) is 4.75. The van der Waals surface area contributed by atoms with Crippen LogP contribution in [0.3, 0.4) is 0 Å². The van der Waals surface area contributed by atoms with E-state index in [4.69, 9.17) is 4.74 Å². The number of nitrogens with zero attached hydrogens (tertiary/aromatic N) is 1. The average Bonchev–Trinajstić information content (AvgIpc) is 3.02. The van der Waals surface area contributed by atoms with Crippen LogP contribution in [0.25, 0.3) is 0 Å². The molecule has 2 fully saturated rings. The third-order valence-corrected chi connectivity index (χ3v) is 4.73. The minimum Gasteiger partial charge on any atom is -0.445 e. The Morgan fingerprint density at radius 2 is 1.75 bits per heavy atom. The molecule has 2 atom stereocenters. The molecule has 0 aromatic heterocycles. The van der Waals surface area contributed by atoms with Crippen LogP contribution in [0.1, 0.15) is 12.0 Å². The van der Waals surface area contributed by atoms with Gasteiger partial charge in [0.1, 0.15) is 6.61 Å². The molecule has 1 aliphatic heterocycles. The van der Waals surface area contributed by atoms with Crippen molar-refractivity contribution in [3.8, 4) is 0 Å². The third-order valence-electron chi connectivity index (χ3n) is 4.73. The monoisotopic (exact) mass is 277 g/mol. The van der Waals surface area contributed by atoms with Gasteiger partial charge in [0, 0.05) is 23.9 Å². The van der Waals surface area contributed by atoms with Crippen LogP contribution in [-0.4, -0.2) is 47.5 Å². The summed E-state index contributed by atoms with van der Waals surface area (Å²) in [5.41, 5.74) is 0.319. The lowest BCUT2D eigenvalue weighted by atomic mass is 9.98. The van der Waals surface area contributed by atoms with Gasteiger partial charge in [0.15, 0.2) is 0 Å². The molecule has 1 aliphatic carbocycles. The van der Waals surface area contributed by atoms with Gasteiger partial charge in [-0.2, -0.15) is 0 Å². The van der Waals surface area contributed by atoms with Crippen molar-refractivity contribution in [2.45, 2.75) is 13.0 Å². The number of likely N-dealkylation sites (tertiary alicyclic amines) is 1. The van der Waals surface area contributed by atoms with E-state index in [1.807, 2.05) is 30.3 Å². The zero-order chi connectivity index (χ0) is 14.2. The van der Waals surface area contributed by atoms with Gasteiger partial charge in [-0.05, 0) is 12.0 Å². The van der Waals surface area contributed by atoms with Crippen molar-refractivity contribution >= 4 is 6.09 Å². The molecule has 1 aromatic rings. The summed E-state index contributed by atoms with van der Waals surface area (Å²) in [7, 11) is 0. The van der Waals surface area contributed by atoms with E-state index in [0.717, 1.165) is 12.0 Å². The summed E-state index contributed by atoms with van der Waals surface area (Å²) >= 11 is 0. The highest BCUT2D eigenvalue weighted by molar-refractivity contribution is 5.69. The summed E-state index contributed by atoms with van der Waals surface area (Å²) in [6.07, 6.45) is 0.414. The summed E-state index contributed by atoms with van der Waals surface area (Å²) in [6, 6.07) is 9.51. The number of piperidine rings is 1. The maximum Gasteiger partial charge on any atom is 0.410 e. The second-order valence-electron chi connectivity index (χ2n) is 5.95. The minimum atomic E-state index is -0.373. The summed E-state index contributed by atoms with van der Waals surface area (Å²) < 4.78 is 5.28. The number of fused-ring (bicyclic) bond motifs is 1. The second-order valence-corrected chi connectivity index (χ2v) is 5.95. The topological polar surface area (TPSA) is 70.0 Å². The zero-order valence-corrected chi connectivity index (χ0v) is 11.3. The first-order chi connectivity index (χ1) is 9.65. The Morgan fingerprint density at radius 1 is 1.15 bits per heavy atom. The molecule has 0 spiro atoms. The largest absolute Gasteiger partial charge is 0.445 e. The molecule has 1 aromatic carbocycles. The minimum absolute atomic E-state index is 0.00995. The van der Waals surface area contributed by atoms with Crippen molar-refractivity contribution in [3.63, 3.8) is 0 Å². The molecule has 3 rings (SSSR count). The highest BCUT2D eigenvalue weighted by Gasteiger charge is 2.72. The lowest BCUT2D eigenvalue weighted by molar-refractivity contribution is 0.0926. The fraction of sp³-hybridized carbons (Fsp3) is 0.533. The van der Waals surface area contributed by atoms with Crippen LogP contribution < -0.4 is 0 Å². The number of carbonyl (C=O) groups excluding carboxylic acids is 1. The van der Waals surface area contributed by atoms with Crippen LogP contribution in [0.4, 0.5) is 4.79 Å². The number of ether oxygens (including phenoxy) is 1. The van der Waals surface area contributed by atoms with E-state index >= 15 is 0 Å². The molecule has 0 bridgehead atoms. The van der Waals surface area contributed by atoms with Gasteiger partial charge in [0.2, 0.25) is 0 Å². The zero-order valence-electron chi connectivity index (χ0n) is 11.3. The lowest BCUT2D eigenvalue weighted by Gasteiger charge is -2.20. The van der Waals surface area contributed by atoms with E-state index in [9.17, 15) is 15.0 Å². The first kappa shape index (κ1) is 13.4. The fourth-order valence-corrected chi connectivity index (χ4v) is 3.32. The first-order valence-electron chi connectivity index (χ1n) is 6.82. The summed E-state index contributed by atoms with van der Waals surface area (Å²) in [5, 5.41) is 19.0. The number of hydrogen-bond donors (Lipinski definition) is 2. The fourth-order valence-electron chi connectivity index (χ4n) is 3.32. The van der Waals surface area contributed by atoms with Gasteiger partial charge >= 0.3 is 6.09 Å². The predicted octanol–water partition coefficient (Wildman–Crippen LogP) is 1.000. The highest BCUT2D eigenvalue weighted by Crippen LogP contribution is 2.67. The number of rotatable bonds is 4. The molecule has 0 radical (unpaired) electrons. The Labute approximate surface area is 117 Å². The summed E-state index contributed by atoms with van der Waals surface area (Å²) in [5.74, 6) is 0. The van der Waals surface area contributed by atoms with E-state index in [0.29, 0.717) is 13.1 Å². The quantitative estimate of drug-likeness (QED) is 0.861. The molecule has 5 heteroatoms. The number of aliphatic hydroxyl groups is 2. The summed E-state index contributed by atoms with van der Waals surface area (Å²) in [6.45, 7) is 1.20. The van der Waals surface area contributed by atoms with Crippen LogP contribution in [0.15, 0.2) is 30.3 Å². The van der Waals surface area contributed by atoms with Gasteiger partial charge in [-0.15, -0.1) is 0 Å². The molecule has 1 heterocycles. The molecule has 1 amide bonds. The van der Waals surface area contributed by atoms with Crippen LogP contribution in [0.2, 0.25) is 0 Å². The maximum atomic E-state index is 12.0. The molecular weight excluding hydrogens is 258 g/mol. The SMILES string of the molecule is O=C(OCc1ccccc1)N1C[C@@]2(CO)C[C@@]2(CO)C1. The van der Waals surface area contributed by atoms with Gasteiger partial charge in [-0.25, -0.2) is 4.79 Å². The van der Waals surface area contributed by atoms with Crippen molar-refractivity contribution in [1.29, 1.82) is 0 Å². The third kappa shape index (κ3) is 1.98. The number of carbonyl (C=O) groups is 1. The number of aliphatic hydroxyl groups excluding tert-OH is 2. The van der Waals surface area contributed by atoms with E-state index in [2.05, 4.69) is 0 Å². The van der Waals surface area contributed by atoms with E-state index < -0.39 is 0 Å². The van der Waals surface area contributed by atoms with Crippen molar-refractivity contribution < 1.29 is 19.7 Å². The van der Waals surface area contributed by atoms with Crippen LogP contribution >= 0.6 is 0 Å². The van der Waals surface area contributed by atoms with Gasteiger partial charge in [-0.1, -0.05) is 30.3 Å². The van der Waals surface area contributed by atoms with Crippen molar-refractivity contribution in [2.24, 2.45) is 10.8 Å². The Bertz CT molecular complexity index is 488. The lowest BCUT2D eigenvalue weighted by Crippen LogP contribution is -2.33.